The molecule has 0 bridgehead atoms. The largest absolute Gasteiger partial charge is 0.354 e. The number of nitrogens with one attached hydrogen (secondary N) is 2. The van der Waals surface area contributed by atoms with Crippen LogP contribution in [-0.4, -0.2) is 11.2 Å². The van der Waals surface area contributed by atoms with Crippen LogP contribution < -0.4 is 10.6 Å². The second kappa shape index (κ2) is 6.32. The van der Waals surface area contributed by atoms with E-state index in [1.54, 1.807) is 30.3 Å². The molecular weight excluding hydrogens is 302 g/mol. The minimum atomic E-state index is -0.407. The Labute approximate surface area is 131 Å². The summed E-state index contributed by atoms with van der Waals surface area (Å²) in [6.45, 7) is 0. The molecule has 0 radical (unpaired) electrons. The van der Waals surface area contributed by atoms with E-state index in [1.165, 1.54) is 0 Å². The Morgan fingerprint density at radius 3 is 2.45 bits per heavy atom. The fraction of sp³-hybridized carbons (Fsp3) is 0. The molecule has 2 aromatic carbocycles. The van der Waals surface area contributed by atoms with E-state index in [2.05, 4.69) is 15.8 Å². The molecule has 6 heteroatoms. The predicted molar refractivity (Wildman–Crippen MR) is 86.0 cm³/mol. The molecule has 0 spiro atoms. The maximum Gasteiger partial charge on any atom is 0.324 e. The third-order valence-electron chi connectivity index (χ3n) is 2.91. The van der Waals surface area contributed by atoms with E-state index >= 15 is 0 Å². The smallest absolute Gasteiger partial charge is 0.324 e. The zero-order valence-electron chi connectivity index (χ0n) is 11.4. The molecule has 110 valence electrons. The van der Waals surface area contributed by atoms with E-state index in [0.717, 1.165) is 5.56 Å². The third-order valence-corrected chi connectivity index (χ3v) is 3.16. The number of halogens is 1. The summed E-state index contributed by atoms with van der Waals surface area (Å²) in [6, 6.07) is 17.6. The quantitative estimate of drug-likeness (QED) is 0.740. The van der Waals surface area contributed by atoms with Gasteiger partial charge in [-0.15, -0.1) is 0 Å². The van der Waals surface area contributed by atoms with E-state index in [-0.39, 0.29) is 0 Å². The zero-order chi connectivity index (χ0) is 15.4. The number of carbonyl (C=O) groups excluding carboxylic acids is 1. The number of hydrogen-bond donors (Lipinski definition) is 2. The predicted octanol–water partition coefficient (Wildman–Crippen LogP) is 4.64. The highest BCUT2D eigenvalue weighted by atomic mass is 35.5. The van der Waals surface area contributed by atoms with Crippen LogP contribution in [-0.2, 0) is 0 Å². The first kappa shape index (κ1) is 14.2. The molecule has 2 N–H and O–H groups in total. The number of hydrogen-bond acceptors (Lipinski definition) is 3. The van der Waals surface area contributed by atoms with Gasteiger partial charge in [-0.2, -0.15) is 0 Å². The van der Waals surface area contributed by atoms with Gasteiger partial charge in [0, 0.05) is 22.3 Å². The Morgan fingerprint density at radius 2 is 1.73 bits per heavy atom. The summed E-state index contributed by atoms with van der Waals surface area (Å²) >= 11 is 5.79. The van der Waals surface area contributed by atoms with Gasteiger partial charge in [-0.05, 0) is 24.3 Å². The van der Waals surface area contributed by atoms with Crippen LogP contribution in [0.2, 0.25) is 5.02 Å². The molecule has 5 nitrogen and oxygen atoms in total. The fourth-order valence-electron chi connectivity index (χ4n) is 1.88. The van der Waals surface area contributed by atoms with E-state index in [1.807, 2.05) is 30.3 Å². The average Bonchev–Trinajstić information content (AvgIpc) is 2.99. The Balaban J connectivity index is 1.65. The van der Waals surface area contributed by atoms with Crippen LogP contribution in [0, 0.1) is 0 Å². The van der Waals surface area contributed by atoms with Crippen molar-refractivity contribution in [2.75, 3.05) is 10.6 Å². The van der Waals surface area contributed by atoms with Gasteiger partial charge in [0.05, 0.1) is 0 Å². The maximum atomic E-state index is 11.9. The summed E-state index contributed by atoms with van der Waals surface area (Å²) in [4.78, 5) is 11.9. The van der Waals surface area contributed by atoms with Crippen molar-refractivity contribution in [1.29, 1.82) is 0 Å². The van der Waals surface area contributed by atoms with Crippen molar-refractivity contribution in [1.82, 2.24) is 5.16 Å². The molecule has 0 saturated carbocycles. The van der Waals surface area contributed by atoms with Crippen molar-refractivity contribution in [2.24, 2.45) is 0 Å². The lowest BCUT2D eigenvalue weighted by Gasteiger charge is -2.04. The van der Waals surface area contributed by atoms with Gasteiger partial charge in [0.2, 0.25) is 0 Å². The first-order valence-corrected chi connectivity index (χ1v) is 6.94. The van der Waals surface area contributed by atoms with Crippen molar-refractivity contribution >= 4 is 29.1 Å². The highest BCUT2D eigenvalue weighted by molar-refractivity contribution is 6.30. The van der Waals surface area contributed by atoms with Crippen LogP contribution in [0.25, 0.3) is 11.3 Å². The first-order chi connectivity index (χ1) is 10.7. The second-order valence-corrected chi connectivity index (χ2v) is 4.96. The number of aromatic nitrogens is 1. The minimum absolute atomic E-state index is 0.338. The molecule has 1 aromatic heterocycles. The number of rotatable bonds is 3. The van der Waals surface area contributed by atoms with Gasteiger partial charge in [-0.1, -0.05) is 47.1 Å². The molecule has 22 heavy (non-hydrogen) atoms. The second-order valence-electron chi connectivity index (χ2n) is 4.53. The van der Waals surface area contributed by atoms with Crippen LogP contribution in [0.5, 0.6) is 0 Å². The van der Waals surface area contributed by atoms with Crippen LogP contribution in [0.15, 0.2) is 65.2 Å². The summed E-state index contributed by atoms with van der Waals surface area (Å²) in [7, 11) is 0. The number of amides is 2. The van der Waals surface area contributed by atoms with Gasteiger partial charge < -0.3 is 9.84 Å². The number of urea groups is 1. The standard InChI is InChI=1S/C16H12ClN3O2/c17-12-6-8-13(9-7-12)18-16(21)19-15-10-14(22-20-15)11-4-2-1-3-5-11/h1-10H,(H2,18,19,20,21). The Hall–Kier alpha value is -2.79. The summed E-state index contributed by atoms with van der Waals surface area (Å²) in [5.41, 5.74) is 1.52. The zero-order valence-corrected chi connectivity index (χ0v) is 12.2. The lowest BCUT2D eigenvalue weighted by molar-refractivity contribution is 0.262. The maximum absolute atomic E-state index is 11.9. The molecule has 0 aliphatic rings. The van der Waals surface area contributed by atoms with E-state index in [4.69, 9.17) is 16.1 Å². The van der Waals surface area contributed by atoms with E-state index < -0.39 is 6.03 Å². The number of carbonyl (C=O) groups is 1. The van der Waals surface area contributed by atoms with Gasteiger partial charge in [-0.25, -0.2) is 4.79 Å². The highest BCUT2D eigenvalue weighted by Gasteiger charge is 2.09. The lowest BCUT2D eigenvalue weighted by atomic mass is 10.2. The average molecular weight is 314 g/mol. The van der Waals surface area contributed by atoms with Gasteiger partial charge in [0.25, 0.3) is 0 Å². The molecule has 0 atom stereocenters. The normalized spacial score (nSPS) is 10.2. The van der Waals surface area contributed by atoms with Gasteiger partial charge in [-0.3, -0.25) is 5.32 Å². The monoisotopic (exact) mass is 313 g/mol. The molecular formula is C16H12ClN3O2. The van der Waals surface area contributed by atoms with Crippen LogP contribution in [0.4, 0.5) is 16.3 Å². The molecule has 3 aromatic rings. The van der Waals surface area contributed by atoms with Crippen molar-refractivity contribution in [3.63, 3.8) is 0 Å². The van der Waals surface area contributed by atoms with Gasteiger partial charge in [0.15, 0.2) is 11.6 Å². The molecule has 3 rings (SSSR count). The first-order valence-electron chi connectivity index (χ1n) is 6.56. The lowest BCUT2D eigenvalue weighted by Crippen LogP contribution is -2.19. The number of nitrogens with zero attached hydrogens (tertiary/aromatic N) is 1. The van der Waals surface area contributed by atoms with Gasteiger partial charge >= 0.3 is 6.03 Å². The van der Waals surface area contributed by atoms with Crippen molar-refractivity contribution in [3.05, 3.63) is 65.7 Å². The summed E-state index contributed by atoms with van der Waals surface area (Å²) in [5.74, 6) is 0.924. The van der Waals surface area contributed by atoms with Crippen molar-refractivity contribution in [3.8, 4) is 11.3 Å². The van der Waals surface area contributed by atoms with Gasteiger partial charge in [0.1, 0.15) is 0 Å². The molecule has 0 unspecified atom stereocenters. The summed E-state index contributed by atoms with van der Waals surface area (Å²) < 4.78 is 5.21. The highest BCUT2D eigenvalue weighted by Crippen LogP contribution is 2.22. The third kappa shape index (κ3) is 3.45. The van der Waals surface area contributed by atoms with E-state index in [0.29, 0.717) is 22.3 Å². The van der Waals surface area contributed by atoms with Crippen LogP contribution >= 0.6 is 11.6 Å². The molecule has 0 aliphatic heterocycles. The van der Waals surface area contributed by atoms with Crippen LogP contribution in [0.3, 0.4) is 0 Å². The molecule has 0 fully saturated rings. The molecule has 0 saturated heterocycles. The topological polar surface area (TPSA) is 67.2 Å². The molecule has 2 amide bonds. The Bertz CT molecular complexity index is 770. The fourth-order valence-corrected chi connectivity index (χ4v) is 2.01. The molecule has 0 aliphatic carbocycles. The van der Waals surface area contributed by atoms with Crippen molar-refractivity contribution in [2.45, 2.75) is 0 Å². The molecule has 1 heterocycles. The number of anilines is 2. The number of benzene rings is 2. The minimum Gasteiger partial charge on any atom is -0.354 e. The SMILES string of the molecule is O=C(Nc1ccc(Cl)cc1)Nc1cc(-c2ccccc2)on1. The summed E-state index contributed by atoms with van der Waals surface area (Å²) in [5, 5.41) is 9.71. The summed E-state index contributed by atoms with van der Waals surface area (Å²) in [6.07, 6.45) is 0. The van der Waals surface area contributed by atoms with E-state index in [9.17, 15) is 4.79 Å². The Morgan fingerprint density at radius 1 is 1.00 bits per heavy atom. The van der Waals surface area contributed by atoms with Crippen molar-refractivity contribution < 1.29 is 9.32 Å². The Kier molecular flexibility index (Phi) is 4.07. The van der Waals surface area contributed by atoms with Crippen LogP contribution in [0.1, 0.15) is 0 Å².